The van der Waals surface area contributed by atoms with Gasteiger partial charge in [0.25, 0.3) is 0 Å². The first kappa shape index (κ1) is 15.1. The number of hydrogen-bond acceptors (Lipinski definition) is 5. The van der Waals surface area contributed by atoms with Crippen LogP contribution in [0, 0.1) is 19.8 Å². The van der Waals surface area contributed by atoms with Crippen molar-refractivity contribution in [1.82, 2.24) is 9.97 Å². The fourth-order valence-electron chi connectivity index (χ4n) is 2.27. The van der Waals surface area contributed by atoms with E-state index in [-0.39, 0.29) is 0 Å². The fourth-order valence-corrected chi connectivity index (χ4v) is 4.87. The Kier molecular flexibility index (Phi) is 5.54. The van der Waals surface area contributed by atoms with Gasteiger partial charge in [-0.05, 0) is 38.3 Å². The smallest absolute Gasteiger partial charge is 0.142 e. The molecule has 1 aromatic heterocycles. The maximum absolute atomic E-state index is 5.72. The molecule has 2 rings (SSSR count). The van der Waals surface area contributed by atoms with Gasteiger partial charge in [-0.2, -0.15) is 11.8 Å². The van der Waals surface area contributed by atoms with E-state index in [0.29, 0.717) is 11.2 Å². The van der Waals surface area contributed by atoms with Crippen LogP contribution in [-0.4, -0.2) is 33.8 Å². The Bertz CT molecular complexity index is 408. The number of nitrogens with two attached hydrogens (primary N) is 1. The Labute approximate surface area is 124 Å². The van der Waals surface area contributed by atoms with Crippen molar-refractivity contribution in [1.29, 1.82) is 0 Å². The van der Waals surface area contributed by atoms with Gasteiger partial charge in [0.05, 0.1) is 5.25 Å². The van der Waals surface area contributed by atoms with Gasteiger partial charge in [0, 0.05) is 28.6 Å². The average Bonchev–Trinajstić information content (AvgIpc) is 2.43. The molecule has 1 saturated heterocycles. The minimum Gasteiger partial charge on any atom is -0.330 e. The van der Waals surface area contributed by atoms with Crippen molar-refractivity contribution >= 4 is 23.5 Å². The summed E-state index contributed by atoms with van der Waals surface area (Å²) in [5, 5.41) is 0.470. The SMILES string of the molecule is Cc1nc(C2CSCCS2)nc(C)c1CC(C)CN. The van der Waals surface area contributed by atoms with Gasteiger partial charge < -0.3 is 5.73 Å². The van der Waals surface area contributed by atoms with Crippen LogP contribution in [0.1, 0.15) is 34.9 Å². The molecule has 2 N–H and O–H groups in total. The summed E-state index contributed by atoms with van der Waals surface area (Å²) in [6.07, 6.45) is 0.987. The van der Waals surface area contributed by atoms with Crippen molar-refractivity contribution in [3.8, 4) is 0 Å². The number of aromatic nitrogens is 2. The van der Waals surface area contributed by atoms with E-state index in [9.17, 15) is 0 Å². The van der Waals surface area contributed by atoms with E-state index in [2.05, 4.69) is 20.8 Å². The molecule has 106 valence electrons. The number of rotatable bonds is 4. The molecule has 0 radical (unpaired) electrons. The molecule has 2 atom stereocenters. The molecular weight excluding hydrogens is 274 g/mol. The first-order valence-electron chi connectivity index (χ1n) is 6.85. The van der Waals surface area contributed by atoms with Gasteiger partial charge >= 0.3 is 0 Å². The summed E-state index contributed by atoms with van der Waals surface area (Å²) in [5.41, 5.74) is 9.28. The Morgan fingerprint density at radius 3 is 2.47 bits per heavy atom. The third-order valence-corrected chi connectivity index (χ3v) is 6.25. The second kappa shape index (κ2) is 6.95. The van der Waals surface area contributed by atoms with Crippen LogP contribution in [0.5, 0.6) is 0 Å². The van der Waals surface area contributed by atoms with Crippen LogP contribution in [0.15, 0.2) is 0 Å². The van der Waals surface area contributed by atoms with Crippen LogP contribution in [0.2, 0.25) is 0 Å². The number of aryl methyl sites for hydroxylation is 2. The van der Waals surface area contributed by atoms with E-state index < -0.39 is 0 Å². The Morgan fingerprint density at radius 1 is 1.26 bits per heavy atom. The first-order chi connectivity index (χ1) is 9.11. The Hall–Kier alpha value is -0.260. The van der Waals surface area contributed by atoms with Crippen molar-refractivity contribution < 1.29 is 0 Å². The molecule has 19 heavy (non-hydrogen) atoms. The minimum absolute atomic E-state index is 0.470. The van der Waals surface area contributed by atoms with E-state index in [0.717, 1.165) is 35.9 Å². The maximum Gasteiger partial charge on any atom is 0.142 e. The van der Waals surface area contributed by atoms with Crippen LogP contribution >= 0.6 is 23.5 Å². The summed E-state index contributed by atoms with van der Waals surface area (Å²) in [6, 6.07) is 0. The van der Waals surface area contributed by atoms with Gasteiger partial charge in [-0.25, -0.2) is 9.97 Å². The van der Waals surface area contributed by atoms with Gasteiger partial charge in [-0.3, -0.25) is 0 Å². The number of nitrogens with zero attached hydrogens (tertiary/aromatic N) is 2. The first-order valence-corrected chi connectivity index (χ1v) is 9.05. The van der Waals surface area contributed by atoms with Crippen molar-refractivity contribution in [2.45, 2.75) is 32.4 Å². The summed E-state index contributed by atoms with van der Waals surface area (Å²) < 4.78 is 0. The Balaban J connectivity index is 2.20. The highest BCUT2D eigenvalue weighted by Gasteiger charge is 2.21. The van der Waals surface area contributed by atoms with E-state index in [4.69, 9.17) is 15.7 Å². The molecule has 1 fully saturated rings. The quantitative estimate of drug-likeness (QED) is 0.926. The molecule has 0 amide bonds. The summed E-state index contributed by atoms with van der Waals surface area (Å²) in [4.78, 5) is 9.52. The normalized spacial score (nSPS) is 21.4. The van der Waals surface area contributed by atoms with Gasteiger partial charge in [0.2, 0.25) is 0 Å². The standard InChI is InChI=1S/C14H23N3S2/c1-9(7-15)6-12-10(2)16-14(17-11(12)3)13-8-18-4-5-19-13/h9,13H,4-8,15H2,1-3H3. The molecule has 5 heteroatoms. The molecule has 1 aromatic rings. The molecule has 0 saturated carbocycles. The molecule has 0 bridgehead atoms. The maximum atomic E-state index is 5.72. The van der Waals surface area contributed by atoms with E-state index >= 15 is 0 Å². The lowest BCUT2D eigenvalue weighted by atomic mass is 9.99. The molecule has 2 unspecified atom stereocenters. The van der Waals surface area contributed by atoms with Crippen molar-refractivity contribution in [2.24, 2.45) is 11.7 Å². The topological polar surface area (TPSA) is 51.8 Å². The zero-order chi connectivity index (χ0) is 13.8. The zero-order valence-electron chi connectivity index (χ0n) is 12.0. The van der Waals surface area contributed by atoms with Gasteiger partial charge in [0.15, 0.2) is 0 Å². The average molecular weight is 297 g/mol. The highest BCUT2D eigenvalue weighted by molar-refractivity contribution is 8.06. The van der Waals surface area contributed by atoms with E-state index in [1.807, 2.05) is 23.5 Å². The van der Waals surface area contributed by atoms with Crippen LogP contribution < -0.4 is 5.73 Å². The highest BCUT2D eigenvalue weighted by atomic mass is 32.2. The van der Waals surface area contributed by atoms with Gasteiger partial charge in [-0.1, -0.05) is 6.92 Å². The van der Waals surface area contributed by atoms with Gasteiger partial charge in [0.1, 0.15) is 5.82 Å². The van der Waals surface area contributed by atoms with Crippen molar-refractivity contribution in [3.05, 3.63) is 22.8 Å². The second-order valence-electron chi connectivity index (χ2n) is 5.21. The van der Waals surface area contributed by atoms with Crippen molar-refractivity contribution in [3.63, 3.8) is 0 Å². The zero-order valence-corrected chi connectivity index (χ0v) is 13.6. The lowest BCUT2D eigenvalue weighted by molar-refractivity contribution is 0.584. The van der Waals surface area contributed by atoms with Crippen LogP contribution in [0.4, 0.5) is 0 Å². The summed E-state index contributed by atoms with van der Waals surface area (Å²) in [5.74, 6) is 5.12. The highest BCUT2D eigenvalue weighted by Crippen LogP contribution is 2.35. The van der Waals surface area contributed by atoms with Crippen LogP contribution in [-0.2, 0) is 6.42 Å². The van der Waals surface area contributed by atoms with E-state index in [1.54, 1.807) is 0 Å². The van der Waals surface area contributed by atoms with Crippen molar-refractivity contribution in [2.75, 3.05) is 23.8 Å². The lowest BCUT2D eigenvalue weighted by Gasteiger charge is -2.21. The van der Waals surface area contributed by atoms with Crippen LogP contribution in [0.3, 0.4) is 0 Å². The third-order valence-electron chi connectivity index (χ3n) is 3.50. The Morgan fingerprint density at radius 2 is 1.95 bits per heavy atom. The second-order valence-corrected chi connectivity index (χ2v) is 7.67. The predicted molar refractivity (Wildman–Crippen MR) is 86.0 cm³/mol. The van der Waals surface area contributed by atoms with Crippen LogP contribution in [0.25, 0.3) is 0 Å². The fraction of sp³-hybridized carbons (Fsp3) is 0.714. The molecule has 1 aliphatic rings. The minimum atomic E-state index is 0.470. The summed E-state index contributed by atoms with van der Waals surface area (Å²) in [6.45, 7) is 7.12. The lowest BCUT2D eigenvalue weighted by Crippen LogP contribution is -2.17. The largest absolute Gasteiger partial charge is 0.330 e. The number of hydrogen-bond donors (Lipinski definition) is 1. The third kappa shape index (κ3) is 3.86. The molecule has 0 aliphatic carbocycles. The molecule has 0 aromatic carbocycles. The number of thioether (sulfide) groups is 2. The molecular formula is C14H23N3S2. The molecule has 3 nitrogen and oxygen atoms in total. The monoisotopic (exact) mass is 297 g/mol. The van der Waals surface area contributed by atoms with E-state index in [1.165, 1.54) is 17.1 Å². The van der Waals surface area contributed by atoms with Gasteiger partial charge in [-0.15, -0.1) is 11.8 Å². The predicted octanol–water partition coefficient (Wildman–Crippen LogP) is 2.75. The summed E-state index contributed by atoms with van der Waals surface area (Å²) in [7, 11) is 0. The molecule has 0 spiro atoms. The molecule has 2 heterocycles. The molecule has 1 aliphatic heterocycles. The summed E-state index contributed by atoms with van der Waals surface area (Å²) >= 11 is 4.00.